The van der Waals surface area contributed by atoms with Gasteiger partial charge >= 0.3 is 11.7 Å². The van der Waals surface area contributed by atoms with Crippen LogP contribution >= 0.6 is 15.9 Å². The minimum absolute atomic E-state index is 0.0741. The molecule has 0 saturated carbocycles. The van der Waals surface area contributed by atoms with Crippen molar-refractivity contribution < 1.29 is 14.5 Å². The van der Waals surface area contributed by atoms with Crippen LogP contribution in [0.1, 0.15) is 12.8 Å². The van der Waals surface area contributed by atoms with Crippen molar-refractivity contribution in [3.63, 3.8) is 0 Å². The number of pyridine rings is 1. The Kier molecular flexibility index (Phi) is 5.68. The van der Waals surface area contributed by atoms with Gasteiger partial charge in [0.05, 0.1) is 12.0 Å². The largest absolute Gasteiger partial charge is 0.469 e. The summed E-state index contributed by atoms with van der Waals surface area (Å²) in [5, 5.41) is 11.0. The number of anilines is 1. The Morgan fingerprint density at radius 1 is 1.63 bits per heavy atom. The number of aromatic nitrogens is 1. The first-order chi connectivity index (χ1) is 8.95. The van der Waals surface area contributed by atoms with E-state index in [2.05, 4.69) is 25.7 Å². The van der Waals surface area contributed by atoms with Crippen LogP contribution in [-0.2, 0) is 9.53 Å². The lowest BCUT2D eigenvalue weighted by atomic mass is 10.3. The normalized spacial score (nSPS) is 10.1. The second kappa shape index (κ2) is 7.03. The summed E-state index contributed by atoms with van der Waals surface area (Å²) in [6.45, 7) is 0.477. The van der Waals surface area contributed by atoms with Gasteiger partial charge in [-0.15, -0.1) is 0 Å². The highest BCUT2D eigenvalue weighted by Crippen LogP contribution is 2.27. The van der Waals surface area contributed by atoms with Crippen LogP contribution in [0.2, 0.25) is 0 Å². The van der Waals surface area contributed by atoms with Gasteiger partial charge in [-0.3, -0.25) is 14.9 Å². The van der Waals surface area contributed by atoms with Gasteiger partial charge in [0.15, 0.2) is 0 Å². The van der Waals surface area contributed by atoms with Crippen molar-refractivity contribution in [2.45, 2.75) is 12.8 Å². The number of hydrogen-bond donors (Lipinski definition) is 0. The van der Waals surface area contributed by atoms with Gasteiger partial charge < -0.3 is 9.64 Å². The molecule has 8 heteroatoms. The summed E-state index contributed by atoms with van der Waals surface area (Å²) in [5.74, 6) is -0.0234. The molecule has 0 spiro atoms. The Labute approximate surface area is 118 Å². The molecule has 0 saturated heterocycles. The molecule has 0 N–H and O–H groups in total. The Hall–Kier alpha value is -1.70. The summed E-state index contributed by atoms with van der Waals surface area (Å²) < 4.78 is 5.08. The molecule has 0 atom stereocenters. The molecule has 0 bridgehead atoms. The van der Waals surface area contributed by atoms with Crippen molar-refractivity contribution in [1.82, 2.24) is 4.98 Å². The molecule has 0 amide bonds. The van der Waals surface area contributed by atoms with E-state index in [0.29, 0.717) is 17.4 Å². The van der Waals surface area contributed by atoms with E-state index in [1.165, 1.54) is 19.4 Å². The Bertz CT molecular complexity index is 481. The average molecular weight is 332 g/mol. The minimum Gasteiger partial charge on any atom is -0.469 e. The molecular weight excluding hydrogens is 318 g/mol. The van der Waals surface area contributed by atoms with Gasteiger partial charge in [0.2, 0.25) is 5.82 Å². The molecule has 19 heavy (non-hydrogen) atoms. The fourth-order valence-corrected chi connectivity index (χ4v) is 1.84. The van der Waals surface area contributed by atoms with Gasteiger partial charge in [-0.2, -0.15) is 0 Å². The summed E-state index contributed by atoms with van der Waals surface area (Å²) in [5.41, 5.74) is -0.0741. The SMILES string of the molecule is COC(=O)CCCN(C)c1ncc(Br)cc1[N+](=O)[O-]. The zero-order valence-corrected chi connectivity index (χ0v) is 12.2. The zero-order chi connectivity index (χ0) is 14.4. The fraction of sp³-hybridized carbons (Fsp3) is 0.455. The van der Waals surface area contributed by atoms with Gasteiger partial charge in [0.25, 0.3) is 0 Å². The number of methoxy groups -OCH3 is 1. The van der Waals surface area contributed by atoms with Crippen LogP contribution in [0.5, 0.6) is 0 Å². The molecule has 1 rings (SSSR count). The van der Waals surface area contributed by atoms with Crippen LogP contribution in [0.15, 0.2) is 16.7 Å². The summed E-state index contributed by atoms with van der Waals surface area (Å²) >= 11 is 3.15. The second-order valence-corrected chi connectivity index (χ2v) is 4.77. The number of nitrogens with zero attached hydrogens (tertiary/aromatic N) is 3. The molecule has 0 aromatic carbocycles. The van der Waals surface area contributed by atoms with Crippen molar-refractivity contribution >= 4 is 33.4 Å². The standard InChI is InChI=1S/C11H14BrN3O4/c1-14(5-3-4-10(16)19-2)11-9(15(17)18)6-8(12)7-13-11/h6-7H,3-5H2,1-2H3. The van der Waals surface area contributed by atoms with Crippen LogP contribution < -0.4 is 4.90 Å². The number of carbonyl (C=O) groups is 1. The third-order valence-corrected chi connectivity index (χ3v) is 2.91. The van der Waals surface area contributed by atoms with E-state index in [9.17, 15) is 14.9 Å². The Morgan fingerprint density at radius 3 is 2.89 bits per heavy atom. The molecule has 1 heterocycles. The summed E-state index contributed by atoms with van der Waals surface area (Å²) in [6, 6.07) is 1.40. The Balaban J connectivity index is 2.73. The van der Waals surface area contributed by atoms with Gasteiger partial charge in [-0.05, 0) is 22.4 Å². The highest BCUT2D eigenvalue weighted by molar-refractivity contribution is 9.10. The molecule has 0 fully saturated rings. The lowest BCUT2D eigenvalue weighted by Crippen LogP contribution is -2.21. The number of rotatable bonds is 6. The Morgan fingerprint density at radius 2 is 2.32 bits per heavy atom. The number of carbonyl (C=O) groups excluding carboxylic acids is 1. The first-order valence-electron chi connectivity index (χ1n) is 5.53. The van der Waals surface area contributed by atoms with E-state index in [1.54, 1.807) is 11.9 Å². The smallest absolute Gasteiger partial charge is 0.312 e. The lowest BCUT2D eigenvalue weighted by Gasteiger charge is -2.17. The van der Waals surface area contributed by atoms with Gasteiger partial charge in [-0.25, -0.2) is 4.98 Å². The van der Waals surface area contributed by atoms with E-state index in [-0.39, 0.29) is 23.9 Å². The quantitative estimate of drug-likeness (QED) is 0.451. The highest BCUT2D eigenvalue weighted by Gasteiger charge is 2.19. The van der Waals surface area contributed by atoms with Crippen molar-refractivity contribution in [3.8, 4) is 0 Å². The van der Waals surface area contributed by atoms with E-state index < -0.39 is 4.92 Å². The number of halogens is 1. The fourth-order valence-electron chi connectivity index (χ4n) is 1.52. The van der Waals surface area contributed by atoms with Crippen LogP contribution in [0.25, 0.3) is 0 Å². The number of hydrogen-bond acceptors (Lipinski definition) is 6. The third kappa shape index (κ3) is 4.47. The third-order valence-electron chi connectivity index (χ3n) is 2.47. The van der Waals surface area contributed by atoms with Gasteiger partial charge in [0.1, 0.15) is 0 Å². The van der Waals surface area contributed by atoms with Crippen LogP contribution in [0.3, 0.4) is 0 Å². The maximum atomic E-state index is 11.0. The van der Waals surface area contributed by atoms with Crippen molar-refractivity contribution in [1.29, 1.82) is 0 Å². The molecule has 0 aliphatic carbocycles. The van der Waals surface area contributed by atoms with Crippen molar-refractivity contribution in [2.75, 3.05) is 25.6 Å². The highest BCUT2D eigenvalue weighted by atomic mass is 79.9. The van der Waals surface area contributed by atoms with Crippen LogP contribution in [-0.4, -0.2) is 36.6 Å². The molecule has 1 aromatic heterocycles. The summed E-state index contributed by atoms with van der Waals surface area (Å²) in [4.78, 5) is 27.1. The van der Waals surface area contributed by atoms with Gasteiger partial charge in [0, 0.05) is 36.7 Å². The second-order valence-electron chi connectivity index (χ2n) is 3.85. The molecule has 1 aromatic rings. The van der Waals surface area contributed by atoms with Crippen LogP contribution in [0.4, 0.5) is 11.5 Å². The zero-order valence-electron chi connectivity index (χ0n) is 10.6. The number of esters is 1. The van der Waals surface area contributed by atoms with Crippen LogP contribution in [0, 0.1) is 10.1 Å². The summed E-state index contributed by atoms with van der Waals surface area (Å²) in [6.07, 6.45) is 2.31. The predicted octanol–water partition coefficient (Wildman–Crippen LogP) is 2.14. The number of ether oxygens (including phenoxy) is 1. The molecule has 0 aliphatic rings. The lowest BCUT2D eigenvalue weighted by molar-refractivity contribution is -0.384. The topological polar surface area (TPSA) is 85.6 Å². The van der Waals surface area contributed by atoms with Crippen molar-refractivity contribution in [2.24, 2.45) is 0 Å². The summed E-state index contributed by atoms with van der Waals surface area (Å²) in [7, 11) is 3.02. The predicted molar refractivity (Wildman–Crippen MR) is 73.1 cm³/mol. The first-order valence-corrected chi connectivity index (χ1v) is 6.33. The van der Waals surface area contributed by atoms with Gasteiger partial charge in [-0.1, -0.05) is 0 Å². The van der Waals surface area contributed by atoms with Crippen molar-refractivity contribution in [3.05, 3.63) is 26.9 Å². The van der Waals surface area contributed by atoms with E-state index in [4.69, 9.17) is 0 Å². The molecule has 0 unspecified atom stereocenters. The molecule has 104 valence electrons. The van der Waals surface area contributed by atoms with E-state index in [0.717, 1.165) is 0 Å². The maximum Gasteiger partial charge on any atom is 0.312 e. The number of nitro groups is 1. The first kappa shape index (κ1) is 15.4. The molecule has 0 aliphatic heterocycles. The average Bonchev–Trinajstić information content (AvgIpc) is 2.38. The van der Waals surface area contributed by atoms with E-state index >= 15 is 0 Å². The molecule has 0 radical (unpaired) electrons. The monoisotopic (exact) mass is 331 g/mol. The molecular formula is C11H14BrN3O4. The maximum absolute atomic E-state index is 11.0. The minimum atomic E-state index is -0.482. The van der Waals surface area contributed by atoms with E-state index in [1.807, 2.05) is 0 Å². The molecule has 7 nitrogen and oxygen atoms in total.